The van der Waals surface area contributed by atoms with Crippen molar-refractivity contribution < 1.29 is 4.79 Å². The number of hydrogen-bond acceptors (Lipinski definition) is 8. The maximum absolute atomic E-state index is 10.9. The first-order valence-electron chi connectivity index (χ1n) is 7.27. The van der Waals surface area contributed by atoms with Crippen molar-refractivity contribution in [2.45, 2.75) is 6.92 Å². The fourth-order valence-electron chi connectivity index (χ4n) is 1.84. The normalized spacial score (nSPS) is 10.1. The summed E-state index contributed by atoms with van der Waals surface area (Å²) in [4.78, 5) is 24.3. The fourth-order valence-corrected chi connectivity index (χ4v) is 2.69. The van der Waals surface area contributed by atoms with Gasteiger partial charge in [0, 0.05) is 11.6 Å². The van der Waals surface area contributed by atoms with Crippen molar-refractivity contribution in [2.24, 2.45) is 0 Å². The summed E-state index contributed by atoms with van der Waals surface area (Å²) in [5.41, 5.74) is 6.70. The zero-order chi connectivity index (χ0) is 17.5. The third-order valence-corrected chi connectivity index (χ3v) is 4.01. The van der Waals surface area contributed by atoms with E-state index < -0.39 is 0 Å². The molecule has 0 bridgehead atoms. The lowest BCUT2D eigenvalue weighted by molar-refractivity contribution is 0.112. The molecule has 0 aliphatic carbocycles. The van der Waals surface area contributed by atoms with Gasteiger partial charge in [0.2, 0.25) is 5.95 Å². The van der Waals surface area contributed by atoms with E-state index in [1.807, 2.05) is 7.05 Å². The number of hydrogen-bond donors (Lipinski definition) is 3. The molecule has 3 rings (SSSR count). The summed E-state index contributed by atoms with van der Waals surface area (Å²) in [6, 6.07) is 6.96. The highest BCUT2D eigenvalue weighted by Crippen LogP contribution is 2.26. The van der Waals surface area contributed by atoms with Gasteiger partial charge in [-0.2, -0.15) is 0 Å². The Morgan fingerprint density at radius 1 is 1.42 bits per heavy atom. The number of nitrogens with one attached hydrogen (secondary N) is 2. The van der Waals surface area contributed by atoms with Gasteiger partial charge < -0.3 is 11.1 Å². The molecule has 4 N–H and O–H groups in total. The molecule has 124 valence electrons. The Morgan fingerprint density at radius 3 is 2.75 bits per heavy atom. The molecule has 24 heavy (non-hydrogen) atoms. The Bertz CT molecular complexity index is 844. The molecule has 3 heterocycles. The third kappa shape index (κ3) is 3.98. The van der Waals surface area contributed by atoms with Crippen molar-refractivity contribution in [3.8, 4) is 0 Å². The van der Waals surface area contributed by atoms with E-state index in [0.29, 0.717) is 26.5 Å². The van der Waals surface area contributed by atoms with Crippen LogP contribution < -0.4 is 11.1 Å². The van der Waals surface area contributed by atoms with Gasteiger partial charge in [-0.15, -0.1) is 11.3 Å². The summed E-state index contributed by atoms with van der Waals surface area (Å²) in [7, 11) is 1.93. The van der Waals surface area contributed by atoms with E-state index >= 15 is 0 Å². The van der Waals surface area contributed by atoms with E-state index in [4.69, 9.17) is 11.1 Å². The molecule has 0 spiro atoms. The number of rotatable bonds is 4. The van der Waals surface area contributed by atoms with Crippen LogP contribution in [0.2, 0.25) is 0 Å². The number of nitrogen functional groups attached to an aromatic ring is 1. The minimum Gasteiger partial charge on any atom is -0.368 e. The number of carbonyl (C=O) groups excluding carboxylic acids is 1. The minimum atomic E-state index is 0.0764. The predicted octanol–water partition coefficient (Wildman–Crippen LogP) is 2.12. The van der Waals surface area contributed by atoms with Crippen LogP contribution in [0.5, 0.6) is 0 Å². The van der Waals surface area contributed by atoms with Crippen LogP contribution in [0.4, 0.5) is 5.95 Å². The Balaban J connectivity index is 0.000000471. The Labute approximate surface area is 143 Å². The number of pyridine rings is 1. The fraction of sp³-hybridized carbons (Fsp3) is 0.188. The lowest BCUT2D eigenvalue weighted by Crippen LogP contribution is -2.09. The number of aromatic nitrogens is 3. The van der Waals surface area contributed by atoms with Crippen molar-refractivity contribution in [3.63, 3.8) is 0 Å². The lowest BCUT2D eigenvalue weighted by Gasteiger charge is -2.04. The van der Waals surface area contributed by atoms with Crippen molar-refractivity contribution in [3.05, 3.63) is 46.7 Å². The highest BCUT2D eigenvalue weighted by atomic mass is 32.1. The Hall–Kier alpha value is -2.71. The minimum absolute atomic E-state index is 0.0764. The van der Waals surface area contributed by atoms with Gasteiger partial charge >= 0.3 is 0 Å². The molecule has 0 saturated carbocycles. The molecule has 3 aromatic heterocycles. The van der Waals surface area contributed by atoms with Crippen LogP contribution in [-0.2, 0) is 0 Å². The molecule has 0 aliphatic heterocycles. The number of nitrogens with two attached hydrogens (primary N) is 1. The molecule has 0 fully saturated rings. The Kier molecular flexibility index (Phi) is 6.05. The highest BCUT2D eigenvalue weighted by molar-refractivity contribution is 7.20. The van der Waals surface area contributed by atoms with E-state index in [-0.39, 0.29) is 11.7 Å². The number of aldehydes is 1. The number of carbonyl (C=O) groups is 1. The predicted molar refractivity (Wildman–Crippen MR) is 97.0 cm³/mol. The topological polar surface area (TPSA) is 118 Å². The van der Waals surface area contributed by atoms with Crippen LogP contribution in [0.1, 0.15) is 28.0 Å². The van der Waals surface area contributed by atoms with Crippen LogP contribution in [0.3, 0.4) is 0 Å². The van der Waals surface area contributed by atoms with Gasteiger partial charge in [0.05, 0.1) is 10.6 Å². The second-order valence-corrected chi connectivity index (χ2v) is 5.78. The number of fused-ring (bicyclic) bond motifs is 1. The zero-order valence-corrected chi connectivity index (χ0v) is 14.2. The quantitative estimate of drug-likeness (QED) is 0.494. The first-order valence-corrected chi connectivity index (χ1v) is 8.09. The standard InChI is InChI=1S/C13H9N5OS.C3H9N/c14-10(9-3-1-2-4-16-9)11-8-5-7(6-19)20-12(8)18-13(15)17-11;1-3-4-2/h1-6,14H,(H2,15,17,18);4H,3H2,1-2H3. The summed E-state index contributed by atoms with van der Waals surface area (Å²) in [6.07, 6.45) is 2.35. The van der Waals surface area contributed by atoms with E-state index in [2.05, 4.69) is 27.2 Å². The van der Waals surface area contributed by atoms with E-state index in [9.17, 15) is 4.79 Å². The molecule has 0 atom stereocenters. The van der Waals surface area contributed by atoms with Gasteiger partial charge in [-0.1, -0.05) is 13.0 Å². The molecule has 3 aromatic rings. The summed E-state index contributed by atoms with van der Waals surface area (Å²) in [6.45, 7) is 3.14. The van der Waals surface area contributed by atoms with Gasteiger partial charge in [0.1, 0.15) is 16.2 Å². The molecule has 0 aliphatic rings. The average Bonchev–Trinajstić information content (AvgIpc) is 3.04. The van der Waals surface area contributed by atoms with Crippen LogP contribution >= 0.6 is 11.3 Å². The number of thiophene rings is 1. The molecule has 0 unspecified atom stereocenters. The summed E-state index contributed by atoms with van der Waals surface area (Å²) in [5.74, 6) is 0.0764. The van der Waals surface area contributed by atoms with E-state index in [1.54, 1.807) is 30.5 Å². The number of anilines is 1. The van der Waals surface area contributed by atoms with Gasteiger partial charge in [-0.05, 0) is 31.8 Å². The molecule has 8 heteroatoms. The lowest BCUT2D eigenvalue weighted by atomic mass is 10.1. The van der Waals surface area contributed by atoms with E-state index in [1.165, 1.54) is 11.3 Å². The monoisotopic (exact) mass is 342 g/mol. The third-order valence-electron chi connectivity index (χ3n) is 3.06. The van der Waals surface area contributed by atoms with Crippen molar-refractivity contribution in [1.29, 1.82) is 5.41 Å². The molecule has 0 radical (unpaired) electrons. The second kappa shape index (κ2) is 8.23. The molecule has 7 nitrogen and oxygen atoms in total. The molecular formula is C16H18N6OS. The van der Waals surface area contributed by atoms with Crippen LogP contribution in [0.15, 0.2) is 30.5 Å². The molecule has 0 saturated heterocycles. The van der Waals surface area contributed by atoms with Gasteiger partial charge in [-0.25, -0.2) is 9.97 Å². The van der Waals surface area contributed by atoms with Gasteiger partial charge in [-0.3, -0.25) is 15.2 Å². The van der Waals surface area contributed by atoms with Crippen molar-refractivity contribution in [2.75, 3.05) is 19.3 Å². The average molecular weight is 342 g/mol. The Morgan fingerprint density at radius 2 is 2.17 bits per heavy atom. The molecule has 0 amide bonds. The summed E-state index contributed by atoms with van der Waals surface area (Å²) < 4.78 is 0. The number of nitrogens with zero attached hydrogens (tertiary/aromatic N) is 3. The largest absolute Gasteiger partial charge is 0.368 e. The van der Waals surface area contributed by atoms with Gasteiger partial charge in [0.25, 0.3) is 0 Å². The van der Waals surface area contributed by atoms with Crippen molar-refractivity contribution in [1.82, 2.24) is 20.3 Å². The zero-order valence-electron chi connectivity index (χ0n) is 13.4. The van der Waals surface area contributed by atoms with E-state index in [0.717, 1.165) is 12.8 Å². The first kappa shape index (κ1) is 17.6. The summed E-state index contributed by atoms with van der Waals surface area (Å²) >= 11 is 1.22. The second-order valence-electron chi connectivity index (χ2n) is 4.71. The first-order chi connectivity index (χ1) is 11.6. The highest BCUT2D eigenvalue weighted by Gasteiger charge is 2.16. The SMILES string of the molecule is CCNC.N=C(c1ccccn1)c1nc(N)nc2sc(C=O)cc12. The van der Waals surface area contributed by atoms with Crippen LogP contribution in [-0.4, -0.2) is 40.5 Å². The molecular weight excluding hydrogens is 324 g/mol. The van der Waals surface area contributed by atoms with Crippen LogP contribution in [0.25, 0.3) is 10.2 Å². The summed E-state index contributed by atoms with van der Waals surface area (Å²) in [5, 5.41) is 11.8. The maximum atomic E-state index is 10.9. The van der Waals surface area contributed by atoms with Crippen LogP contribution in [0, 0.1) is 5.41 Å². The molecule has 0 aromatic carbocycles. The van der Waals surface area contributed by atoms with Gasteiger partial charge in [0.15, 0.2) is 6.29 Å². The van der Waals surface area contributed by atoms with Crippen molar-refractivity contribution >= 4 is 39.5 Å². The maximum Gasteiger partial charge on any atom is 0.222 e. The smallest absolute Gasteiger partial charge is 0.222 e.